The van der Waals surface area contributed by atoms with Crippen molar-refractivity contribution < 1.29 is 14.6 Å². The maximum Gasteiger partial charge on any atom is 0.118 e. The van der Waals surface area contributed by atoms with E-state index < -0.39 is 5.60 Å². The van der Waals surface area contributed by atoms with Gasteiger partial charge in [-0.1, -0.05) is 43.5 Å². The summed E-state index contributed by atoms with van der Waals surface area (Å²) in [5, 5.41) is 16.3. The molecule has 1 fully saturated rings. The Morgan fingerprint density at radius 2 is 1.53 bits per heavy atom. The lowest BCUT2D eigenvalue weighted by Gasteiger charge is -2.40. The van der Waals surface area contributed by atoms with Gasteiger partial charge in [0.15, 0.2) is 0 Å². The number of hydrogen-bond acceptors (Lipinski definition) is 5. The fourth-order valence-electron chi connectivity index (χ4n) is 4.36. The zero-order valence-corrected chi connectivity index (χ0v) is 17.9. The first-order valence-electron chi connectivity index (χ1n) is 10.7. The Morgan fingerprint density at radius 3 is 2.07 bits per heavy atom. The Balaban J connectivity index is 1.74. The molecule has 0 saturated heterocycles. The van der Waals surface area contributed by atoms with Crippen molar-refractivity contribution in [3.63, 3.8) is 0 Å². The second-order valence-electron chi connectivity index (χ2n) is 8.08. The van der Waals surface area contributed by atoms with Crippen LogP contribution in [0.2, 0.25) is 0 Å². The van der Waals surface area contributed by atoms with E-state index in [2.05, 4.69) is 5.29 Å². The molecule has 0 bridgehead atoms. The molecule has 1 saturated carbocycles. The fourth-order valence-corrected chi connectivity index (χ4v) is 4.36. The predicted molar refractivity (Wildman–Crippen MR) is 118 cm³/mol. The van der Waals surface area contributed by atoms with Crippen molar-refractivity contribution >= 4 is 0 Å². The van der Waals surface area contributed by atoms with E-state index in [1.165, 1.54) is 0 Å². The molecule has 1 atom stereocenters. The standard InChI is InChI=1S/C24H32N2O4/c1-29-21-10-6-19(7-11-21)14-17-26(25-28)18-23(24(27)15-4-3-5-16-24)20-8-12-22(30-2)13-9-20/h6-13,23,27H,3-5,14-18H2,1-2H3. The highest BCUT2D eigenvalue weighted by Gasteiger charge is 2.39. The third-order valence-electron chi connectivity index (χ3n) is 6.21. The number of rotatable bonds is 10. The SMILES string of the molecule is COc1ccc(CCN(CC(c2ccc(OC)cc2)C2(O)CCCCC2)N=O)cc1. The van der Waals surface area contributed by atoms with Gasteiger partial charge in [-0.05, 0) is 54.7 Å². The summed E-state index contributed by atoms with van der Waals surface area (Å²) in [6, 6.07) is 15.6. The van der Waals surface area contributed by atoms with E-state index in [-0.39, 0.29) is 5.92 Å². The quantitative estimate of drug-likeness (QED) is 0.452. The summed E-state index contributed by atoms with van der Waals surface area (Å²) in [5.74, 6) is 1.40. The second-order valence-corrected chi connectivity index (χ2v) is 8.08. The summed E-state index contributed by atoms with van der Waals surface area (Å²) in [6.45, 7) is 0.890. The Morgan fingerprint density at radius 1 is 0.967 bits per heavy atom. The van der Waals surface area contributed by atoms with E-state index in [1.807, 2.05) is 48.5 Å². The van der Waals surface area contributed by atoms with Gasteiger partial charge in [-0.15, -0.1) is 4.91 Å². The minimum atomic E-state index is -0.824. The molecular weight excluding hydrogens is 380 g/mol. The minimum Gasteiger partial charge on any atom is -0.497 e. The van der Waals surface area contributed by atoms with E-state index in [4.69, 9.17) is 9.47 Å². The average Bonchev–Trinajstić information content (AvgIpc) is 2.80. The lowest BCUT2D eigenvalue weighted by molar-refractivity contribution is -0.0309. The number of aliphatic hydroxyl groups is 1. The summed E-state index contributed by atoms with van der Waals surface area (Å²) < 4.78 is 10.5. The van der Waals surface area contributed by atoms with Crippen LogP contribution in [0.3, 0.4) is 0 Å². The third kappa shape index (κ3) is 5.51. The number of benzene rings is 2. The summed E-state index contributed by atoms with van der Waals surface area (Å²) >= 11 is 0. The Labute approximate surface area is 178 Å². The topological polar surface area (TPSA) is 71.4 Å². The fraction of sp³-hybridized carbons (Fsp3) is 0.500. The Hall–Kier alpha value is -2.60. The van der Waals surface area contributed by atoms with Crippen LogP contribution in [0.15, 0.2) is 53.8 Å². The summed E-state index contributed by atoms with van der Waals surface area (Å²) in [6.07, 6.45) is 5.34. The van der Waals surface area contributed by atoms with Crippen LogP contribution in [-0.2, 0) is 6.42 Å². The first kappa shape index (κ1) is 22.1. The molecule has 2 aromatic carbocycles. The second kappa shape index (κ2) is 10.4. The van der Waals surface area contributed by atoms with Gasteiger partial charge in [0, 0.05) is 19.0 Å². The molecule has 3 rings (SSSR count). The molecular formula is C24H32N2O4. The number of methoxy groups -OCH3 is 2. The monoisotopic (exact) mass is 412 g/mol. The summed E-state index contributed by atoms with van der Waals surface area (Å²) in [5.41, 5.74) is 1.30. The molecule has 0 radical (unpaired) electrons. The summed E-state index contributed by atoms with van der Waals surface area (Å²) in [4.78, 5) is 11.6. The minimum absolute atomic E-state index is 0.183. The molecule has 0 aromatic heterocycles. The van der Waals surface area contributed by atoms with Gasteiger partial charge in [0.1, 0.15) is 11.5 Å². The molecule has 162 valence electrons. The Bertz CT molecular complexity index is 786. The third-order valence-corrected chi connectivity index (χ3v) is 6.21. The molecule has 0 amide bonds. The largest absolute Gasteiger partial charge is 0.497 e. The Kier molecular flexibility index (Phi) is 7.69. The first-order chi connectivity index (χ1) is 14.6. The number of ether oxygens (including phenoxy) is 2. The van der Waals surface area contributed by atoms with Gasteiger partial charge in [0.2, 0.25) is 0 Å². The van der Waals surface area contributed by atoms with Crippen molar-refractivity contribution in [3.8, 4) is 11.5 Å². The lowest BCUT2D eigenvalue weighted by atomic mass is 9.72. The molecule has 6 heteroatoms. The zero-order valence-electron chi connectivity index (χ0n) is 17.9. The van der Waals surface area contributed by atoms with Crippen LogP contribution >= 0.6 is 0 Å². The lowest BCUT2D eigenvalue weighted by Crippen LogP contribution is -2.43. The maximum absolute atomic E-state index is 11.6. The van der Waals surface area contributed by atoms with Crippen LogP contribution in [0.25, 0.3) is 0 Å². The van der Waals surface area contributed by atoms with E-state index in [9.17, 15) is 10.0 Å². The number of nitroso groups, excluding NO2 is 1. The van der Waals surface area contributed by atoms with E-state index >= 15 is 0 Å². The molecule has 1 unspecified atom stereocenters. The van der Waals surface area contributed by atoms with Crippen LogP contribution in [0.5, 0.6) is 11.5 Å². The molecule has 1 aliphatic carbocycles. The first-order valence-corrected chi connectivity index (χ1v) is 10.7. The molecule has 2 aromatic rings. The highest BCUT2D eigenvalue weighted by Crippen LogP contribution is 2.41. The van der Waals surface area contributed by atoms with Crippen molar-refractivity contribution in [2.75, 3.05) is 27.3 Å². The van der Waals surface area contributed by atoms with Crippen LogP contribution in [-0.4, -0.2) is 43.0 Å². The van der Waals surface area contributed by atoms with Crippen molar-refractivity contribution in [2.45, 2.75) is 50.0 Å². The van der Waals surface area contributed by atoms with Gasteiger partial charge in [-0.2, -0.15) is 0 Å². The summed E-state index contributed by atoms with van der Waals surface area (Å²) in [7, 11) is 3.28. The molecule has 1 N–H and O–H groups in total. The molecule has 6 nitrogen and oxygen atoms in total. The predicted octanol–water partition coefficient (Wildman–Crippen LogP) is 4.71. The number of hydrogen-bond donors (Lipinski definition) is 1. The molecule has 30 heavy (non-hydrogen) atoms. The van der Waals surface area contributed by atoms with Gasteiger partial charge in [-0.3, -0.25) is 5.01 Å². The molecule has 0 heterocycles. The van der Waals surface area contributed by atoms with E-state index in [0.29, 0.717) is 19.5 Å². The van der Waals surface area contributed by atoms with Gasteiger partial charge in [-0.25, -0.2) is 0 Å². The van der Waals surface area contributed by atoms with Gasteiger partial charge < -0.3 is 14.6 Å². The van der Waals surface area contributed by atoms with Crippen LogP contribution in [0.4, 0.5) is 0 Å². The maximum atomic E-state index is 11.6. The van der Waals surface area contributed by atoms with Crippen molar-refractivity contribution in [2.24, 2.45) is 5.29 Å². The van der Waals surface area contributed by atoms with Gasteiger partial charge in [0.05, 0.1) is 25.1 Å². The number of nitrogens with zero attached hydrogens (tertiary/aromatic N) is 2. The normalized spacial score (nSPS) is 16.5. The smallest absolute Gasteiger partial charge is 0.118 e. The van der Waals surface area contributed by atoms with Crippen molar-refractivity contribution in [1.82, 2.24) is 5.01 Å². The van der Waals surface area contributed by atoms with Crippen molar-refractivity contribution in [3.05, 3.63) is 64.6 Å². The zero-order chi connectivity index (χ0) is 21.4. The van der Waals surface area contributed by atoms with Crippen LogP contribution in [0.1, 0.15) is 49.1 Å². The van der Waals surface area contributed by atoms with Crippen LogP contribution < -0.4 is 9.47 Å². The molecule has 0 spiro atoms. The average molecular weight is 413 g/mol. The van der Waals surface area contributed by atoms with Gasteiger partial charge in [0.25, 0.3) is 0 Å². The molecule has 1 aliphatic rings. The van der Waals surface area contributed by atoms with Crippen molar-refractivity contribution in [1.29, 1.82) is 0 Å². The highest BCUT2D eigenvalue weighted by atomic mass is 16.5. The molecule has 0 aliphatic heterocycles. The van der Waals surface area contributed by atoms with Gasteiger partial charge >= 0.3 is 0 Å². The van der Waals surface area contributed by atoms with E-state index in [1.54, 1.807) is 19.2 Å². The van der Waals surface area contributed by atoms with Crippen LogP contribution in [0, 0.1) is 4.91 Å². The highest BCUT2D eigenvalue weighted by molar-refractivity contribution is 5.32. The van der Waals surface area contributed by atoms with E-state index in [0.717, 1.165) is 54.7 Å².